The van der Waals surface area contributed by atoms with Crippen molar-refractivity contribution in [2.75, 3.05) is 32.8 Å². The molecule has 0 saturated heterocycles. The van der Waals surface area contributed by atoms with E-state index in [2.05, 4.69) is 92.9 Å². The van der Waals surface area contributed by atoms with Gasteiger partial charge in [0.2, 0.25) is 17.6 Å². The molecule has 0 radical (unpaired) electrons. The molecular weight excluding hydrogens is 800 g/mol. The van der Waals surface area contributed by atoms with E-state index in [1.807, 2.05) is 52.0 Å². The number of tetrazole rings is 1. The van der Waals surface area contributed by atoms with Crippen LogP contribution in [0.5, 0.6) is 0 Å². The zero-order valence-corrected chi connectivity index (χ0v) is 37.3. The molecule has 0 atom stereocenters. The van der Waals surface area contributed by atoms with Crippen LogP contribution >= 0.6 is 11.6 Å². The van der Waals surface area contributed by atoms with Crippen LogP contribution in [0.25, 0.3) is 22.5 Å². The van der Waals surface area contributed by atoms with Gasteiger partial charge in [-0.3, -0.25) is 9.59 Å². The van der Waals surface area contributed by atoms with E-state index < -0.39 is 11.1 Å². The maximum Gasteiger partial charge on any atom is 0.246 e. The monoisotopic (exact) mass is 862 g/mol. The van der Waals surface area contributed by atoms with Gasteiger partial charge in [0.25, 0.3) is 0 Å². The summed E-state index contributed by atoms with van der Waals surface area (Å²) in [4.78, 5) is 30.3. The topological polar surface area (TPSA) is 229 Å². The quantitative estimate of drug-likeness (QED) is 0.0229. The van der Waals surface area contributed by atoms with E-state index in [0.717, 1.165) is 60.2 Å². The van der Waals surface area contributed by atoms with Crippen molar-refractivity contribution in [2.45, 2.75) is 111 Å². The van der Waals surface area contributed by atoms with Gasteiger partial charge in [0.05, 0.1) is 34.7 Å². The van der Waals surface area contributed by atoms with E-state index in [4.69, 9.17) is 16.3 Å². The van der Waals surface area contributed by atoms with Crippen LogP contribution in [0.4, 0.5) is 0 Å². The molecule has 0 bridgehead atoms. The van der Waals surface area contributed by atoms with Crippen LogP contribution in [-0.2, 0) is 33.8 Å². The number of ether oxygens (including phenoxy) is 1. The molecule has 4 aromatic rings. The standard InChI is InChI=1S/C43H63ClN12O5/c1-8-9-14-37-49-40(44)36(56(37)26-32-15-17-33(18-16-32)34-12-10-11-13-35(34)41-50-54-55-51-41)25-46-39(58)28-61-27-38(57)45-22-19-31(20-23-47-42(4,5)29(2)52-59)21-24-48-43(6,7)30(3)53-60/h10-13,15-18,31,47-48,59-60H,8-9,14,19-28H2,1-7H3,(H,45,57)(H,46,58)(H,50,51,54,55)/b52-29-,53-30-. The molecule has 7 N–H and O–H groups in total. The first kappa shape index (κ1) is 48.4. The summed E-state index contributed by atoms with van der Waals surface area (Å²) in [6, 6.07) is 16.1. The van der Waals surface area contributed by atoms with Crippen LogP contribution in [0, 0.1) is 5.92 Å². The third-order valence-electron chi connectivity index (χ3n) is 11.1. The molecule has 0 aliphatic carbocycles. The highest BCUT2D eigenvalue weighted by molar-refractivity contribution is 6.30. The van der Waals surface area contributed by atoms with Crippen molar-refractivity contribution in [3.63, 3.8) is 0 Å². The van der Waals surface area contributed by atoms with Crippen LogP contribution < -0.4 is 21.3 Å². The number of imidazole rings is 1. The molecule has 61 heavy (non-hydrogen) atoms. The normalized spacial score (nSPS) is 12.6. The summed E-state index contributed by atoms with van der Waals surface area (Å²) in [6.45, 7) is 15.3. The molecule has 2 heterocycles. The Balaban J connectivity index is 1.28. The summed E-state index contributed by atoms with van der Waals surface area (Å²) < 4.78 is 7.55. The number of hydrogen-bond donors (Lipinski definition) is 7. The molecule has 2 aromatic carbocycles. The molecule has 0 aliphatic heterocycles. The van der Waals surface area contributed by atoms with Crippen LogP contribution in [0.2, 0.25) is 5.15 Å². The average Bonchev–Trinajstić information content (AvgIpc) is 3.89. The molecular formula is C43H63ClN12O5. The lowest BCUT2D eigenvalue weighted by Crippen LogP contribution is -2.47. The number of aryl methyl sites for hydroxylation is 1. The number of oxime groups is 2. The van der Waals surface area contributed by atoms with E-state index in [0.29, 0.717) is 60.7 Å². The molecule has 0 fully saturated rings. The summed E-state index contributed by atoms with van der Waals surface area (Å²) in [5.74, 6) is 0.901. The third kappa shape index (κ3) is 14.7. The van der Waals surface area contributed by atoms with E-state index in [9.17, 15) is 20.0 Å². The zero-order chi connectivity index (χ0) is 44.4. The number of H-pyrrole nitrogens is 1. The van der Waals surface area contributed by atoms with Crippen molar-refractivity contribution in [2.24, 2.45) is 16.2 Å². The third-order valence-corrected chi connectivity index (χ3v) is 11.4. The second-order valence-corrected chi connectivity index (χ2v) is 16.6. The number of amides is 2. The number of unbranched alkanes of at least 4 members (excludes halogenated alkanes) is 1. The lowest BCUT2D eigenvalue weighted by atomic mass is 9.94. The van der Waals surface area contributed by atoms with Gasteiger partial charge in [0, 0.05) is 25.1 Å². The average molecular weight is 864 g/mol. The fraction of sp³-hybridized carbons (Fsp3) is 0.535. The number of aromatic nitrogens is 6. The zero-order valence-electron chi connectivity index (χ0n) is 36.5. The van der Waals surface area contributed by atoms with Crippen molar-refractivity contribution in [3.05, 3.63) is 70.8 Å². The Bertz CT molecular complexity index is 2010. The van der Waals surface area contributed by atoms with Crippen LogP contribution in [0.3, 0.4) is 0 Å². The minimum atomic E-state index is -0.475. The molecule has 0 unspecified atom stereocenters. The number of hydrogen-bond acceptors (Lipinski definition) is 13. The summed E-state index contributed by atoms with van der Waals surface area (Å²) in [5.41, 5.74) is 4.80. The first-order chi connectivity index (χ1) is 29.2. The second-order valence-electron chi connectivity index (χ2n) is 16.3. The van der Waals surface area contributed by atoms with Gasteiger partial charge >= 0.3 is 0 Å². The molecule has 332 valence electrons. The molecule has 0 spiro atoms. The highest BCUT2D eigenvalue weighted by atomic mass is 35.5. The first-order valence-corrected chi connectivity index (χ1v) is 21.2. The minimum Gasteiger partial charge on any atom is -0.411 e. The van der Waals surface area contributed by atoms with Gasteiger partial charge in [-0.1, -0.05) is 83.8 Å². The molecule has 2 aromatic heterocycles. The summed E-state index contributed by atoms with van der Waals surface area (Å²) in [7, 11) is 0. The van der Waals surface area contributed by atoms with Crippen LogP contribution in [0.15, 0.2) is 58.8 Å². The number of benzene rings is 2. The summed E-state index contributed by atoms with van der Waals surface area (Å²) >= 11 is 6.68. The Hall–Kier alpha value is -5.23. The molecule has 0 saturated carbocycles. The maximum absolute atomic E-state index is 12.9. The SMILES string of the molecule is CCCCc1nc(Cl)c(CNC(=O)COCC(=O)NCCC(CCNC(C)(C)/C(C)=N\O)CCNC(C)(C)/C(C)=N\O)n1Cc1ccc(-c2ccccc2-c2nn[nH]n2)cc1. The number of rotatable bonds is 26. The van der Waals surface area contributed by atoms with Crippen molar-refractivity contribution in [3.8, 4) is 22.5 Å². The van der Waals surface area contributed by atoms with Gasteiger partial charge in [-0.2, -0.15) is 5.21 Å². The van der Waals surface area contributed by atoms with Crippen LogP contribution in [0.1, 0.15) is 97.7 Å². The second kappa shape index (κ2) is 23.7. The lowest BCUT2D eigenvalue weighted by Gasteiger charge is -2.28. The van der Waals surface area contributed by atoms with Gasteiger partial charge in [-0.15, -0.1) is 10.2 Å². The highest BCUT2D eigenvalue weighted by Crippen LogP contribution is 2.30. The predicted molar refractivity (Wildman–Crippen MR) is 237 cm³/mol. The largest absolute Gasteiger partial charge is 0.411 e. The number of nitrogens with zero attached hydrogens (tertiary/aromatic N) is 7. The minimum absolute atomic E-state index is 0.140. The van der Waals surface area contributed by atoms with E-state index in [-0.39, 0.29) is 37.5 Å². The number of aromatic amines is 1. The molecule has 18 heteroatoms. The molecule has 2 amide bonds. The fourth-order valence-corrected chi connectivity index (χ4v) is 6.88. The lowest BCUT2D eigenvalue weighted by molar-refractivity contribution is -0.131. The summed E-state index contributed by atoms with van der Waals surface area (Å²) in [6.07, 6.45) is 5.02. The van der Waals surface area contributed by atoms with Gasteiger partial charge in [0.1, 0.15) is 19.0 Å². The Morgan fingerprint density at radius 1 is 0.869 bits per heavy atom. The van der Waals surface area contributed by atoms with Gasteiger partial charge < -0.3 is 41.0 Å². The Morgan fingerprint density at radius 2 is 1.46 bits per heavy atom. The molecule has 17 nitrogen and oxygen atoms in total. The Morgan fingerprint density at radius 3 is 2.03 bits per heavy atom. The van der Waals surface area contributed by atoms with Crippen molar-refractivity contribution >= 4 is 34.8 Å². The van der Waals surface area contributed by atoms with Crippen molar-refractivity contribution in [1.29, 1.82) is 0 Å². The van der Waals surface area contributed by atoms with Gasteiger partial charge in [-0.05, 0) is 108 Å². The number of nitrogens with one attached hydrogen (secondary N) is 5. The summed E-state index contributed by atoms with van der Waals surface area (Å²) in [5, 5.41) is 52.7. The smallest absolute Gasteiger partial charge is 0.246 e. The van der Waals surface area contributed by atoms with Gasteiger partial charge in [-0.25, -0.2) is 4.98 Å². The van der Waals surface area contributed by atoms with E-state index >= 15 is 0 Å². The highest BCUT2D eigenvalue weighted by Gasteiger charge is 2.24. The van der Waals surface area contributed by atoms with Gasteiger partial charge in [0.15, 0.2) is 5.15 Å². The van der Waals surface area contributed by atoms with Crippen molar-refractivity contribution < 1.29 is 24.7 Å². The Kier molecular flexibility index (Phi) is 18.8. The van der Waals surface area contributed by atoms with Crippen molar-refractivity contribution in [1.82, 2.24) is 51.4 Å². The fourth-order valence-electron chi connectivity index (χ4n) is 6.62. The van der Waals surface area contributed by atoms with E-state index in [1.165, 1.54) is 0 Å². The first-order valence-electron chi connectivity index (χ1n) is 20.8. The number of halogens is 1. The Labute approximate surface area is 363 Å². The predicted octanol–water partition coefficient (Wildman–Crippen LogP) is 5.75. The van der Waals surface area contributed by atoms with Crippen LogP contribution in [-0.4, -0.2) is 108 Å². The van der Waals surface area contributed by atoms with E-state index in [1.54, 1.807) is 13.8 Å². The number of carbonyl (C=O) groups excluding carboxylic acids is 2. The number of carbonyl (C=O) groups is 2. The molecule has 0 aliphatic rings. The maximum atomic E-state index is 12.9. The molecule has 4 rings (SSSR count).